The number of hydrogen-bond donors (Lipinski definition) is 1. The van der Waals surface area contributed by atoms with Crippen molar-refractivity contribution < 1.29 is 0 Å². The first-order valence-electron chi connectivity index (χ1n) is 7.28. The van der Waals surface area contributed by atoms with Crippen molar-refractivity contribution in [2.75, 3.05) is 13.6 Å². The van der Waals surface area contributed by atoms with Gasteiger partial charge in [-0.25, -0.2) is 0 Å². The highest BCUT2D eigenvalue weighted by Crippen LogP contribution is 2.35. The molecule has 0 aromatic rings. The molecule has 1 N–H and O–H groups in total. The molecule has 0 aromatic heterocycles. The molecule has 0 aromatic carbocycles. The molecule has 2 nitrogen and oxygen atoms in total. The van der Waals surface area contributed by atoms with Gasteiger partial charge in [-0.1, -0.05) is 0 Å². The molecule has 102 valence electrons. The highest BCUT2D eigenvalue weighted by molar-refractivity contribution is 4.85. The first kappa shape index (κ1) is 15.0. The van der Waals surface area contributed by atoms with Crippen LogP contribution in [0.4, 0.5) is 0 Å². The third kappa shape index (κ3) is 5.87. The number of nitrogens with zero attached hydrogens (tertiary/aromatic N) is 1. The van der Waals surface area contributed by atoms with Gasteiger partial charge in [0.05, 0.1) is 0 Å². The molecule has 0 bridgehead atoms. The van der Waals surface area contributed by atoms with Crippen LogP contribution in [0.2, 0.25) is 0 Å². The van der Waals surface area contributed by atoms with Crippen molar-refractivity contribution in [2.45, 2.75) is 77.9 Å². The Hall–Kier alpha value is -0.0800. The van der Waals surface area contributed by atoms with Gasteiger partial charge in [-0.3, -0.25) is 0 Å². The Labute approximate surface area is 108 Å². The van der Waals surface area contributed by atoms with E-state index in [-0.39, 0.29) is 5.54 Å². The third-order valence-electron chi connectivity index (χ3n) is 4.10. The molecule has 0 amide bonds. The summed E-state index contributed by atoms with van der Waals surface area (Å²) in [6.07, 6.45) is 5.48. The van der Waals surface area contributed by atoms with Crippen LogP contribution in [-0.2, 0) is 0 Å². The van der Waals surface area contributed by atoms with Gasteiger partial charge in [0.2, 0.25) is 0 Å². The topological polar surface area (TPSA) is 15.3 Å². The van der Waals surface area contributed by atoms with Crippen LogP contribution >= 0.6 is 0 Å². The van der Waals surface area contributed by atoms with E-state index >= 15 is 0 Å². The fraction of sp³-hybridized carbons (Fsp3) is 1.00. The summed E-state index contributed by atoms with van der Waals surface area (Å²) in [5.41, 5.74) is 0.260. The molecule has 0 aliphatic heterocycles. The van der Waals surface area contributed by atoms with Gasteiger partial charge >= 0.3 is 0 Å². The third-order valence-corrected chi connectivity index (χ3v) is 4.10. The van der Waals surface area contributed by atoms with Crippen molar-refractivity contribution >= 4 is 0 Å². The van der Waals surface area contributed by atoms with E-state index in [1.54, 1.807) is 0 Å². The van der Waals surface area contributed by atoms with Gasteiger partial charge in [0.25, 0.3) is 0 Å². The minimum atomic E-state index is 0.260. The molecule has 0 radical (unpaired) electrons. The lowest BCUT2D eigenvalue weighted by Gasteiger charge is -2.31. The average Bonchev–Trinajstić information content (AvgIpc) is 3.04. The summed E-state index contributed by atoms with van der Waals surface area (Å²) in [6.45, 7) is 12.6. The zero-order valence-electron chi connectivity index (χ0n) is 12.7. The fourth-order valence-electron chi connectivity index (χ4n) is 2.38. The summed E-state index contributed by atoms with van der Waals surface area (Å²) in [4.78, 5) is 2.58. The van der Waals surface area contributed by atoms with E-state index in [4.69, 9.17) is 0 Å². The zero-order valence-corrected chi connectivity index (χ0v) is 12.7. The van der Waals surface area contributed by atoms with E-state index in [0.717, 1.165) is 18.5 Å². The highest BCUT2D eigenvalue weighted by Gasteiger charge is 2.31. The highest BCUT2D eigenvalue weighted by atomic mass is 15.2. The predicted octanol–water partition coefficient (Wildman–Crippen LogP) is 3.27. The summed E-state index contributed by atoms with van der Waals surface area (Å²) in [6, 6.07) is 1.49. The van der Waals surface area contributed by atoms with Crippen molar-refractivity contribution in [2.24, 2.45) is 5.92 Å². The maximum atomic E-state index is 3.56. The molecule has 1 saturated carbocycles. The average molecular weight is 240 g/mol. The van der Waals surface area contributed by atoms with Crippen LogP contribution in [0.25, 0.3) is 0 Å². The van der Waals surface area contributed by atoms with Gasteiger partial charge in [-0.05, 0) is 79.8 Å². The van der Waals surface area contributed by atoms with Gasteiger partial charge in [0.15, 0.2) is 0 Å². The quantitative estimate of drug-likeness (QED) is 0.687. The molecule has 2 unspecified atom stereocenters. The van der Waals surface area contributed by atoms with Crippen LogP contribution < -0.4 is 5.32 Å². The Morgan fingerprint density at radius 3 is 2.29 bits per heavy atom. The lowest BCUT2D eigenvalue weighted by atomic mass is 10.1. The fourth-order valence-corrected chi connectivity index (χ4v) is 2.38. The van der Waals surface area contributed by atoms with Crippen LogP contribution in [0.5, 0.6) is 0 Å². The standard InChI is InChI=1S/C15H32N2/c1-12(8-7-11-16-15(3,4)5)17(6)13(2)14-9-10-14/h12-14,16H,7-11H2,1-6H3. The van der Waals surface area contributed by atoms with E-state index < -0.39 is 0 Å². The smallest absolute Gasteiger partial charge is 0.00965 e. The molecule has 1 aliphatic rings. The van der Waals surface area contributed by atoms with Crippen molar-refractivity contribution in [1.29, 1.82) is 0 Å². The molecule has 2 heteroatoms. The van der Waals surface area contributed by atoms with Crippen LogP contribution in [0, 0.1) is 5.92 Å². The maximum Gasteiger partial charge on any atom is 0.00965 e. The van der Waals surface area contributed by atoms with E-state index in [1.807, 2.05) is 0 Å². The second kappa shape index (κ2) is 6.19. The molecule has 1 rings (SSSR count). The van der Waals surface area contributed by atoms with Crippen LogP contribution in [-0.4, -0.2) is 36.1 Å². The molecule has 2 atom stereocenters. The summed E-state index contributed by atoms with van der Waals surface area (Å²) in [5.74, 6) is 0.982. The van der Waals surface area contributed by atoms with E-state index in [9.17, 15) is 0 Å². The number of rotatable bonds is 7. The van der Waals surface area contributed by atoms with Crippen molar-refractivity contribution in [3.8, 4) is 0 Å². The second-order valence-electron chi connectivity index (χ2n) is 6.91. The largest absolute Gasteiger partial charge is 0.312 e. The maximum absolute atomic E-state index is 3.56. The number of hydrogen-bond acceptors (Lipinski definition) is 2. The summed E-state index contributed by atoms with van der Waals surface area (Å²) in [5, 5.41) is 3.56. The normalized spacial score (nSPS) is 20.6. The summed E-state index contributed by atoms with van der Waals surface area (Å²) in [7, 11) is 2.30. The lowest BCUT2D eigenvalue weighted by Crippen LogP contribution is -2.39. The van der Waals surface area contributed by atoms with Gasteiger partial charge in [0, 0.05) is 17.6 Å². The van der Waals surface area contributed by atoms with E-state index in [0.29, 0.717) is 6.04 Å². The Kier molecular flexibility index (Phi) is 5.46. The molecule has 0 saturated heterocycles. The molecule has 0 spiro atoms. The molecular formula is C15H32N2. The van der Waals surface area contributed by atoms with Gasteiger partial charge < -0.3 is 10.2 Å². The predicted molar refractivity (Wildman–Crippen MR) is 76.4 cm³/mol. The van der Waals surface area contributed by atoms with Gasteiger partial charge in [-0.15, -0.1) is 0 Å². The first-order chi connectivity index (χ1) is 7.81. The number of nitrogens with one attached hydrogen (secondary N) is 1. The summed E-state index contributed by atoms with van der Waals surface area (Å²) >= 11 is 0. The Morgan fingerprint density at radius 1 is 1.24 bits per heavy atom. The molecule has 1 fully saturated rings. The molecule has 1 aliphatic carbocycles. The monoisotopic (exact) mass is 240 g/mol. The zero-order chi connectivity index (χ0) is 13.1. The van der Waals surface area contributed by atoms with Crippen LogP contribution in [0.3, 0.4) is 0 Å². The SMILES string of the molecule is CC(CCCNC(C)(C)C)N(C)C(C)C1CC1. The molecular weight excluding hydrogens is 208 g/mol. The van der Waals surface area contributed by atoms with Crippen molar-refractivity contribution in [3.05, 3.63) is 0 Å². The van der Waals surface area contributed by atoms with Gasteiger partial charge in [-0.2, -0.15) is 0 Å². The van der Waals surface area contributed by atoms with Gasteiger partial charge in [0.1, 0.15) is 0 Å². The second-order valence-corrected chi connectivity index (χ2v) is 6.91. The van der Waals surface area contributed by atoms with E-state index in [2.05, 4.69) is 51.9 Å². The minimum absolute atomic E-state index is 0.260. The lowest BCUT2D eigenvalue weighted by molar-refractivity contribution is 0.167. The molecule has 17 heavy (non-hydrogen) atoms. The van der Waals surface area contributed by atoms with Crippen LogP contribution in [0.15, 0.2) is 0 Å². The van der Waals surface area contributed by atoms with Crippen molar-refractivity contribution in [1.82, 2.24) is 10.2 Å². The van der Waals surface area contributed by atoms with Crippen molar-refractivity contribution in [3.63, 3.8) is 0 Å². The first-order valence-corrected chi connectivity index (χ1v) is 7.28. The Balaban J connectivity index is 2.13. The summed E-state index contributed by atoms with van der Waals surface area (Å²) < 4.78 is 0. The Bertz CT molecular complexity index is 215. The Morgan fingerprint density at radius 2 is 1.82 bits per heavy atom. The molecule has 0 heterocycles. The van der Waals surface area contributed by atoms with Crippen LogP contribution in [0.1, 0.15) is 60.3 Å². The van der Waals surface area contributed by atoms with E-state index in [1.165, 1.54) is 25.7 Å². The minimum Gasteiger partial charge on any atom is -0.312 e.